The van der Waals surface area contributed by atoms with Crippen LogP contribution >= 0.6 is 0 Å². The van der Waals surface area contributed by atoms with E-state index in [1.54, 1.807) is 12.1 Å². The molecular formula is C18H25BN4O5. The number of carboxylic acid groups (broad SMARTS) is 1. The van der Waals surface area contributed by atoms with Crippen molar-refractivity contribution in [3.05, 3.63) is 29.3 Å². The third-order valence-electron chi connectivity index (χ3n) is 5.38. The molecule has 2 aliphatic rings. The minimum Gasteiger partial charge on any atom is -0.534 e. The molecule has 0 unspecified atom stereocenters. The molecule has 1 fully saturated rings. The Labute approximate surface area is 163 Å². The minimum atomic E-state index is -1.30. The molecule has 10 heteroatoms. The van der Waals surface area contributed by atoms with Crippen LogP contribution in [0.25, 0.3) is 0 Å². The van der Waals surface area contributed by atoms with Gasteiger partial charge in [-0.25, -0.2) is 4.79 Å². The van der Waals surface area contributed by atoms with Gasteiger partial charge in [0, 0.05) is 12.5 Å². The summed E-state index contributed by atoms with van der Waals surface area (Å²) in [5, 5.41) is 32.5. The number of hydrogen-bond donors (Lipinski definition) is 6. The van der Waals surface area contributed by atoms with E-state index in [2.05, 4.69) is 10.6 Å². The van der Waals surface area contributed by atoms with Crippen LogP contribution in [0, 0.1) is 11.3 Å². The van der Waals surface area contributed by atoms with Gasteiger partial charge in [-0.15, -0.1) is 0 Å². The summed E-state index contributed by atoms with van der Waals surface area (Å²) >= 11 is 0. The van der Waals surface area contributed by atoms with Gasteiger partial charge >= 0.3 is 13.1 Å². The first-order valence-electron chi connectivity index (χ1n) is 9.43. The highest BCUT2D eigenvalue weighted by Crippen LogP contribution is 2.31. The molecule has 1 aliphatic heterocycles. The van der Waals surface area contributed by atoms with E-state index >= 15 is 0 Å². The lowest BCUT2D eigenvalue weighted by Gasteiger charge is -2.31. The predicted octanol–water partition coefficient (Wildman–Crippen LogP) is 0.256. The first-order chi connectivity index (χ1) is 13.3. The fourth-order valence-corrected chi connectivity index (χ4v) is 3.97. The second-order valence-electron chi connectivity index (χ2n) is 7.47. The van der Waals surface area contributed by atoms with E-state index in [9.17, 15) is 19.7 Å². The molecule has 9 nitrogen and oxygen atoms in total. The number of hydrogen-bond acceptors (Lipinski definition) is 5. The summed E-state index contributed by atoms with van der Waals surface area (Å²) in [5.41, 5.74) is 6.00. The quantitative estimate of drug-likeness (QED) is 0.240. The lowest BCUT2D eigenvalue weighted by atomic mass is 9.72. The minimum absolute atomic E-state index is 0.00254. The molecule has 7 N–H and O–H groups in total. The highest BCUT2D eigenvalue weighted by Gasteiger charge is 2.38. The Morgan fingerprint density at radius 3 is 2.61 bits per heavy atom. The number of nitrogens with one attached hydrogen (secondary N) is 3. The van der Waals surface area contributed by atoms with Crippen LogP contribution in [0.15, 0.2) is 18.2 Å². The number of aromatic carboxylic acids is 1. The van der Waals surface area contributed by atoms with E-state index in [0.717, 1.165) is 25.7 Å². The highest BCUT2D eigenvalue weighted by molar-refractivity contribution is 6.47. The zero-order chi connectivity index (χ0) is 20.3. The molecule has 1 amide bonds. The van der Waals surface area contributed by atoms with Gasteiger partial charge in [-0.2, -0.15) is 0 Å². The number of carboxylic acids is 1. The van der Waals surface area contributed by atoms with Crippen molar-refractivity contribution in [2.24, 2.45) is 11.7 Å². The lowest BCUT2D eigenvalue weighted by Crippen LogP contribution is -2.53. The molecule has 150 valence electrons. The molecule has 1 heterocycles. The molecule has 0 bridgehead atoms. The average Bonchev–Trinajstić information content (AvgIpc) is 2.63. The first-order valence-corrected chi connectivity index (χ1v) is 9.43. The van der Waals surface area contributed by atoms with E-state index < -0.39 is 19.0 Å². The van der Waals surface area contributed by atoms with Gasteiger partial charge in [0.25, 0.3) is 0 Å². The number of benzene rings is 1. The lowest BCUT2D eigenvalue weighted by molar-refractivity contribution is -0.122. The van der Waals surface area contributed by atoms with Crippen molar-refractivity contribution >= 4 is 25.0 Å². The van der Waals surface area contributed by atoms with Crippen molar-refractivity contribution in [1.29, 1.82) is 5.41 Å². The zero-order valence-corrected chi connectivity index (χ0v) is 15.5. The highest BCUT2D eigenvalue weighted by atomic mass is 16.5. The smallest absolute Gasteiger partial charge is 0.534 e. The third kappa shape index (κ3) is 4.75. The summed E-state index contributed by atoms with van der Waals surface area (Å²) in [4.78, 5) is 23.7. The number of carbonyl (C=O) groups is 2. The van der Waals surface area contributed by atoms with Crippen LogP contribution in [0.2, 0.25) is 0 Å². The molecule has 1 atom stereocenters. The summed E-state index contributed by atoms with van der Waals surface area (Å²) in [6.07, 6.45) is 4.12. The Kier molecular flexibility index (Phi) is 6.08. The van der Waals surface area contributed by atoms with Crippen LogP contribution in [0.5, 0.6) is 5.75 Å². The van der Waals surface area contributed by atoms with E-state index in [1.807, 2.05) is 0 Å². The molecule has 3 rings (SSSR count). The Bertz CT molecular complexity index is 766. The van der Waals surface area contributed by atoms with Crippen molar-refractivity contribution in [3.8, 4) is 5.75 Å². The van der Waals surface area contributed by atoms with Crippen molar-refractivity contribution in [3.63, 3.8) is 0 Å². The maximum absolute atomic E-state index is 12.4. The Balaban J connectivity index is 1.53. The Morgan fingerprint density at radius 1 is 1.25 bits per heavy atom. The Morgan fingerprint density at radius 2 is 1.96 bits per heavy atom. The van der Waals surface area contributed by atoms with Crippen LogP contribution < -0.4 is 21.0 Å². The van der Waals surface area contributed by atoms with Gasteiger partial charge in [0.1, 0.15) is 5.75 Å². The fraction of sp³-hybridized carbons (Fsp3) is 0.500. The number of fused-ring (bicyclic) bond motifs is 1. The standard InChI is InChI=1S/C18H25BN4O5/c20-18(21)22-12-6-4-10(5-7-12)8-15(24)23-14-9-11-2-1-3-13(17(25)26)16(11)28-19(14)27/h1-3,10,12,14,27H,4-9H2,(H,23,24)(H,25,26)(H4,20,21,22)/t10-,12-,14-/m0/s1. The third-order valence-corrected chi connectivity index (χ3v) is 5.38. The van der Waals surface area contributed by atoms with E-state index in [-0.39, 0.29) is 35.1 Å². The normalized spacial score (nSPS) is 23.9. The van der Waals surface area contributed by atoms with Crippen molar-refractivity contribution < 1.29 is 24.4 Å². The number of amides is 1. The predicted molar refractivity (Wildman–Crippen MR) is 103 cm³/mol. The molecule has 0 aromatic heterocycles. The van der Waals surface area contributed by atoms with E-state index in [4.69, 9.17) is 15.8 Å². The maximum atomic E-state index is 12.4. The molecule has 0 spiro atoms. The van der Waals surface area contributed by atoms with Gasteiger partial charge < -0.3 is 31.2 Å². The summed E-state index contributed by atoms with van der Waals surface area (Å²) in [5.74, 6) is -1.53. The van der Waals surface area contributed by atoms with Gasteiger partial charge in [0.05, 0.1) is 11.5 Å². The molecule has 1 aliphatic carbocycles. The van der Waals surface area contributed by atoms with Crippen molar-refractivity contribution in [2.75, 3.05) is 0 Å². The van der Waals surface area contributed by atoms with Crippen LogP contribution in [0.4, 0.5) is 0 Å². The maximum Gasteiger partial charge on any atom is 0.547 e. The molecule has 1 saturated carbocycles. The number of guanidine groups is 1. The van der Waals surface area contributed by atoms with Crippen LogP contribution in [0.3, 0.4) is 0 Å². The number of carbonyl (C=O) groups excluding carboxylic acids is 1. The second-order valence-corrected chi connectivity index (χ2v) is 7.47. The molecule has 0 saturated heterocycles. The second kappa shape index (κ2) is 8.51. The van der Waals surface area contributed by atoms with Gasteiger partial charge in [0.15, 0.2) is 5.96 Å². The molecule has 1 aromatic carbocycles. The summed E-state index contributed by atoms with van der Waals surface area (Å²) in [7, 11) is -1.30. The van der Waals surface area contributed by atoms with E-state index in [0.29, 0.717) is 18.4 Å². The van der Waals surface area contributed by atoms with Crippen LogP contribution in [-0.2, 0) is 11.2 Å². The average molecular weight is 388 g/mol. The van der Waals surface area contributed by atoms with E-state index in [1.165, 1.54) is 6.07 Å². The van der Waals surface area contributed by atoms with Gasteiger partial charge in [-0.1, -0.05) is 12.1 Å². The first kappa shape index (κ1) is 20.0. The van der Waals surface area contributed by atoms with Crippen LogP contribution in [-0.4, -0.2) is 47.1 Å². The summed E-state index contributed by atoms with van der Waals surface area (Å²) in [6, 6.07) is 4.96. The largest absolute Gasteiger partial charge is 0.547 e. The Hall–Kier alpha value is -2.75. The van der Waals surface area contributed by atoms with Crippen LogP contribution in [0.1, 0.15) is 48.0 Å². The fourth-order valence-electron chi connectivity index (χ4n) is 3.97. The van der Waals surface area contributed by atoms with Crippen molar-refractivity contribution in [1.82, 2.24) is 10.6 Å². The topological polar surface area (TPSA) is 158 Å². The number of para-hydroxylation sites is 1. The zero-order valence-electron chi connectivity index (χ0n) is 15.5. The molecule has 0 radical (unpaired) electrons. The van der Waals surface area contributed by atoms with Gasteiger partial charge in [-0.05, 0) is 49.7 Å². The number of nitrogens with two attached hydrogens (primary N) is 1. The van der Waals surface area contributed by atoms with Gasteiger partial charge in [0.2, 0.25) is 5.91 Å². The number of rotatable bonds is 5. The van der Waals surface area contributed by atoms with Gasteiger partial charge in [-0.3, -0.25) is 10.2 Å². The van der Waals surface area contributed by atoms with Crippen molar-refractivity contribution in [2.45, 2.75) is 50.5 Å². The summed E-state index contributed by atoms with van der Waals surface area (Å²) in [6.45, 7) is 0. The molecule has 1 aromatic rings. The molecular weight excluding hydrogens is 363 g/mol. The molecule has 28 heavy (non-hydrogen) atoms. The summed E-state index contributed by atoms with van der Waals surface area (Å²) < 4.78 is 5.40. The SMILES string of the molecule is N=C(N)N[C@H]1CC[C@H](CC(=O)N[C@H]2Cc3cccc(C(=O)O)c3OB2O)CC1. The monoisotopic (exact) mass is 388 g/mol.